The van der Waals surface area contributed by atoms with Crippen LogP contribution in [0.4, 0.5) is 0 Å². The maximum Gasteiger partial charge on any atom is 0.151 e. The second-order valence-electron chi connectivity index (χ2n) is 4.42. The molecule has 0 spiro atoms. The van der Waals surface area contributed by atoms with Crippen LogP contribution in [0.25, 0.3) is 10.9 Å². The van der Waals surface area contributed by atoms with Gasteiger partial charge in [0.2, 0.25) is 0 Å². The van der Waals surface area contributed by atoms with Crippen LogP contribution in [0, 0.1) is 0 Å². The Labute approximate surface area is 114 Å². The number of hydrogen-bond donors (Lipinski definition) is 0. The Kier molecular flexibility index (Phi) is 3.26. The van der Waals surface area contributed by atoms with Crippen molar-refractivity contribution in [2.75, 3.05) is 13.7 Å². The van der Waals surface area contributed by atoms with Crippen molar-refractivity contribution in [3.05, 3.63) is 22.8 Å². The second-order valence-corrected chi connectivity index (χ2v) is 5.28. The minimum Gasteiger partial charge on any atom is -0.494 e. The van der Waals surface area contributed by atoms with E-state index in [0.29, 0.717) is 0 Å². The van der Waals surface area contributed by atoms with Crippen LogP contribution >= 0.6 is 15.9 Å². The summed E-state index contributed by atoms with van der Waals surface area (Å²) in [4.78, 5) is 0. The highest BCUT2D eigenvalue weighted by molar-refractivity contribution is 9.10. The SMILES string of the molecule is COc1ccc(Br)c2cnn(C3CCCCO3)c12. The summed E-state index contributed by atoms with van der Waals surface area (Å²) >= 11 is 3.55. The summed E-state index contributed by atoms with van der Waals surface area (Å²) in [6.07, 6.45) is 5.21. The molecule has 0 N–H and O–H groups in total. The highest BCUT2D eigenvalue weighted by Crippen LogP contribution is 2.35. The molecule has 2 heterocycles. The molecule has 1 aliphatic rings. The Balaban J connectivity index is 2.14. The van der Waals surface area contributed by atoms with Gasteiger partial charge in [-0.3, -0.25) is 0 Å². The van der Waals surface area contributed by atoms with E-state index in [1.165, 1.54) is 6.42 Å². The van der Waals surface area contributed by atoms with Crippen molar-refractivity contribution in [2.24, 2.45) is 0 Å². The van der Waals surface area contributed by atoms with E-state index < -0.39 is 0 Å². The molecule has 4 nitrogen and oxygen atoms in total. The predicted octanol–water partition coefficient (Wildman–Crippen LogP) is 3.51. The van der Waals surface area contributed by atoms with Crippen molar-refractivity contribution >= 4 is 26.8 Å². The lowest BCUT2D eigenvalue weighted by Gasteiger charge is -2.23. The van der Waals surface area contributed by atoms with E-state index in [1.54, 1.807) is 7.11 Å². The number of ether oxygens (including phenoxy) is 2. The topological polar surface area (TPSA) is 36.3 Å². The Morgan fingerprint density at radius 2 is 2.33 bits per heavy atom. The first kappa shape index (κ1) is 12.0. The second kappa shape index (κ2) is 4.90. The summed E-state index contributed by atoms with van der Waals surface area (Å²) in [5.74, 6) is 0.833. The maximum absolute atomic E-state index is 5.80. The molecule has 96 valence electrons. The summed E-state index contributed by atoms with van der Waals surface area (Å²) in [6.45, 7) is 0.808. The van der Waals surface area contributed by atoms with E-state index in [9.17, 15) is 0 Å². The lowest BCUT2D eigenvalue weighted by Crippen LogP contribution is -2.19. The molecule has 0 saturated carbocycles. The van der Waals surface area contributed by atoms with Gasteiger partial charge in [0, 0.05) is 16.5 Å². The molecule has 2 aromatic rings. The number of hydrogen-bond acceptors (Lipinski definition) is 3. The number of nitrogens with zero attached hydrogens (tertiary/aromatic N) is 2. The monoisotopic (exact) mass is 310 g/mol. The minimum atomic E-state index is 0.0273. The molecule has 1 aromatic carbocycles. The first-order valence-corrected chi connectivity index (χ1v) is 6.92. The lowest BCUT2D eigenvalue weighted by molar-refractivity contribution is -0.0368. The third-order valence-electron chi connectivity index (χ3n) is 3.32. The van der Waals surface area contributed by atoms with Gasteiger partial charge in [0.05, 0.1) is 13.3 Å². The fraction of sp³-hybridized carbons (Fsp3) is 0.462. The van der Waals surface area contributed by atoms with E-state index in [0.717, 1.165) is 40.6 Å². The Morgan fingerprint density at radius 3 is 3.06 bits per heavy atom. The summed E-state index contributed by atoms with van der Waals surface area (Å²) < 4.78 is 14.2. The minimum absolute atomic E-state index is 0.0273. The summed E-state index contributed by atoms with van der Waals surface area (Å²) in [6, 6.07) is 3.93. The molecule has 0 amide bonds. The zero-order valence-corrected chi connectivity index (χ0v) is 11.8. The first-order valence-electron chi connectivity index (χ1n) is 6.12. The first-order chi connectivity index (χ1) is 8.81. The van der Waals surface area contributed by atoms with Gasteiger partial charge in [-0.1, -0.05) is 15.9 Å². The highest BCUT2D eigenvalue weighted by atomic mass is 79.9. The van der Waals surface area contributed by atoms with Crippen LogP contribution in [0.3, 0.4) is 0 Å². The smallest absolute Gasteiger partial charge is 0.151 e. The normalized spacial score (nSPS) is 20.2. The van der Waals surface area contributed by atoms with E-state index >= 15 is 0 Å². The lowest BCUT2D eigenvalue weighted by atomic mass is 10.2. The summed E-state index contributed by atoms with van der Waals surface area (Å²) in [7, 11) is 1.68. The van der Waals surface area contributed by atoms with Crippen molar-refractivity contribution in [3.63, 3.8) is 0 Å². The number of aromatic nitrogens is 2. The molecule has 1 fully saturated rings. The van der Waals surface area contributed by atoms with E-state index in [-0.39, 0.29) is 6.23 Å². The summed E-state index contributed by atoms with van der Waals surface area (Å²) in [5, 5.41) is 5.53. The van der Waals surface area contributed by atoms with Gasteiger partial charge in [0.15, 0.2) is 6.23 Å². The number of rotatable bonds is 2. The van der Waals surface area contributed by atoms with Gasteiger partial charge >= 0.3 is 0 Å². The molecule has 0 bridgehead atoms. The zero-order chi connectivity index (χ0) is 12.5. The third kappa shape index (κ3) is 1.91. The maximum atomic E-state index is 5.80. The molecule has 3 rings (SSSR count). The van der Waals surface area contributed by atoms with Crippen molar-refractivity contribution in [1.29, 1.82) is 0 Å². The molecule has 5 heteroatoms. The molecular formula is C13H15BrN2O2. The molecule has 1 unspecified atom stereocenters. The van der Waals surface area contributed by atoms with Crippen LogP contribution in [-0.2, 0) is 4.74 Å². The standard InChI is InChI=1S/C13H15BrN2O2/c1-17-11-6-5-10(14)9-8-15-16(13(9)11)12-4-2-3-7-18-12/h5-6,8,12H,2-4,7H2,1H3. The van der Waals surface area contributed by atoms with Crippen molar-refractivity contribution in [2.45, 2.75) is 25.5 Å². The van der Waals surface area contributed by atoms with E-state index in [2.05, 4.69) is 21.0 Å². The number of methoxy groups -OCH3 is 1. The fourth-order valence-corrected chi connectivity index (χ4v) is 2.82. The van der Waals surface area contributed by atoms with Gasteiger partial charge in [-0.05, 0) is 31.4 Å². The van der Waals surface area contributed by atoms with Crippen LogP contribution in [0.1, 0.15) is 25.5 Å². The van der Waals surface area contributed by atoms with E-state index in [1.807, 2.05) is 23.0 Å². The third-order valence-corrected chi connectivity index (χ3v) is 4.01. The average Bonchev–Trinajstić information content (AvgIpc) is 2.86. The van der Waals surface area contributed by atoms with Crippen LogP contribution in [0.5, 0.6) is 5.75 Å². The van der Waals surface area contributed by atoms with Gasteiger partial charge in [-0.25, -0.2) is 4.68 Å². The van der Waals surface area contributed by atoms with Crippen LogP contribution in [-0.4, -0.2) is 23.5 Å². The molecule has 1 aromatic heterocycles. The van der Waals surface area contributed by atoms with Crippen LogP contribution < -0.4 is 4.74 Å². The van der Waals surface area contributed by atoms with Crippen LogP contribution in [0.2, 0.25) is 0 Å². The molecule has 1 saturated heterocycles. The van der Waals surface area contributed by atoms with Gasteiger partial charge in [-0.2, -0.15) is 5.10 Å². The Hall–Kier alpha value is -1.07. The van der Waals surface area contributed by atoms with Crippen molar-refractivity contribution in [1.82, 2.24) is 9.78 Å². The fourth-order valence-electron chi connectivity index (χ4n) is 2.40. The molecule has 1 aliphatic heterocycles. The number of halogens is 1. The molecular weight excluding hydrogens is 296 g/mol. The Morgan fingerprint density at radius 1 is 1.44 bits per heavy atom. The Bertz CT molecular complexity index is 561. The van der Waals surface area contributed by atoms with Gasteiger partial charge in [0.25, 0.3) is 0 Å². The van der Waals surface area contributed by atoms with Crippen molar-refractivity contribution in [3.8, 4) is 5.75 Å². The van der Waals surface area contributed by atoms with E-state index in [4.69, 9.17) is 9.47 Å². The van der Waals surface area contributed by atoms with Gasteiger partial charge < -0.3 is 9.47 Å². The van der Waals surface area contributed by atoms with Crippen LogP contribution in [0.15, 0.2) is 22.8 Å². The largest absolute Gasteiger partial charge is 0.494 e. The van der Waals surface area contributed by atoms with Gasteiger partial charge in [0.1, 0.15) is 11.3 Å². The quantitative estimate of drug-likeness (QED) is 0.851. The number of fused-ring (bicyclic) bond motifs is 1. The summed E-state index contributed by atoms with van der Waals surface area (Å²) in [5.41, 5.74) is 0.999. The molecule has 0 aliphatic carbocycles. The predicted molar refractivity (Wildman–Crippen MR) is 72.8 cm³/mol. The van der Waals surface area contributed by atoms with Crippen molar-refractivity contribution < 1.29 is 9.47 Å². The molecule has 18 heavy (non-hydrogen) atoms. The average molecular weight is 311 g/mol. The highest BCUT2D eigenvalue weighted by Gasteiger charge is 2.21. The number of benzene rings is 1. The zero-order valence-electron chi connectivity index (χ0n) is 10.2. The van der Waals surface area contributed by atoms with Gasteiger partial charge in [-0.15, -0.1) is 0 Å². The molecule has 0 radical (unpaired) electrons. The molecule has 1 atom stereocenters.